The second kappa shape index (κ2) is 7.97. The Bertz CT molecular complexity index is 788. The van der Waals surface area contributed by atoms with E-state index >= 15 is 0 Å². The fraction of sp³-hybridized carbons (Fsp3) is 0.294. The monoisotopic (exact) mass is 340 g/mol. The second-order valence-corrected chi connectivity index (χ2v) is 5.74. The van der Waals surface area contributed by atoms with E-state index in [0.29, 0.717) is 11.4 Å². The van der Waals surface area contributed by atoms with Gasteiger partial charge in [-0.05, 0) is 24.6 Å². The van der Waals surface area contributed by atoms with Crippen molar-refractivity contribution in [3.8, 4) is 6.07 Å². The lowest BCUT2D eigenvalue weighted by Gasteiger charge is -2.14. The molecule has 0 bridgehead atoms. The van der Waals surface area contributed by atoms with Crippen LogP contribution >= 0.6 is 0 Å². The van der Waals surface area contributed by atoms with Gasteiger partial charge in [-0.1, -0.05) is 12.1 Å². The maximum absolute atomic E-state index is 12.1. The van der Waals surface area contributed by atoms with Gasteiger partial charge in [0.05, 0.1) is 17.7 Å². The average Bonchev–Trinajstić information content (AvgIpc) is 3.01. The molecular weight excluding hydrogens is 320 g/mol. The third-order valence-electron chi connectivity index (χ3n) is 3.57. The summed E-state index contributed by atoms with van der Waals surface area (Å²) < 4.78 is 1.46. The van der Waals surface area contributed by atoms with E-state index in [1.165, 1.54) is 9.58 Å². The number of aromatic nitrogens is 2. The zero-order valence-corrected chi connectivity index (χ0v) is 14.4. The van der Waals surface area contributed by atoms with Crippen LogP contribution in [0.5, 0.6) is 0 Å². The Labute approximate surface area is 146 Å². The highest BCUT2D eigenvalue weighted by Gasteiger charge is 2.12. The summed E-state index contributed by atoms with van der Waals surface area (Å²) in [5.74, 6) is 0.268. The van der Waals surface area contributed by atoms with Crippen LogP contribution in [0.2, 0.25) is 0 Å². The summed E-state index contributed by atoms with van der Waals surface area (Å²) in [5, 5.41) is 18.4. The van der Waals surface area contributed by atoms with E-state index in [1.807, 2.05) is 6.92 Å². The van der Waals surface area contributed by atoms with Crippen LogP contribution in [-0.4, -0.2) is 40.7 Å². The number of hydrogen-bond acceptors (Lipinski definition) is 4. The molecule has 8 nitrogen and oxygen atoms in total. The van der Waals surface area contributed by atoms with Crippen LogP contribution in [0.1, 0.15) is 24.1 Å². The summed E-state index contributed by atoms with van der Waals surface area (Å²) in [6, 6.07) is 10.0. The largest absolute Gasteiger partial charge is 0.347 e. The first kappa shape index (κ1) is 18.0. The lowest BCUT2D eigenvalue weighted by molar-refractivity contribution is -0.129. The number of likely N-dealkylation sites (N-methyl/N-ethyl adjacent to an activating group) is 1. The second-order valence-electron chi connectivity index (χ2n) is 5.74. The Balaban J connectivity index is 1.90. The van der Waals surface area contributed by atoms with Crippen LogP contribution in [0, 0.1) is 11.3 Å². The Morgan fingerprint density at radius 1 is 1.28 bits per heavy atom. The van der Waals surface area contributed by atoms with Gasteiger partial charge in [-0.15, -0.1) is 0 Å². The molecule has 0 aliphatic heterocycles. The maximum atomic E-state index is 12.1. The van der Waals surface area contributed by atoms with Gasteiger partial charge in [0.2, 0.25) is 5.91 Å². The van der Waals surface area contributed by atoms with Gasteiger partial charge in [0, 0.05) is 26.4 Å². The molecule has 1 aromatic carbocycles. The molecule has 130 valence electrons. The summed E-state index contributed by atoms with van der Waals surface area (Å²) in [6.45, 7) is 1.95. The molecule has 2 rings (SSSR count). The highest BCUT2D eigenvalue weighted by molar-refractivity contribution is 5.88. The van der Waals surface area contributed by atoms with Crippen molar-refractivity contribution >= 4 is 17.8 Å². The van der Waals surface area contributed by atoms with Crippen LogP contribution in [-0.2, 0) is 11.3 Å². The number of nitrogens with zero attached hydrogens (tertiary/aromatic N) is 4. The van der Waals surface area contributed by atoms with Crippen LogP contribution in [0.4, 0.5) is 10.6 Å². The molecule has 1 heterocycles. The van der Waals surface area contributed by atoms with Crippen LogP contribution in [0.15, 0.2) is 36.5 Å². The first-order valence-corrected chi connectivity index (χ1v) is 7.70. The number of carbonyl (C=O) groups is 2. The number of benzene rings is 1. The number of urea groups is 1. The summed E-state index contributed by atoms with van der Waals surface area (Å²) in [7, 11) is 3.34. The van der Waals surface area contributed by atoms with Gasteiger partial charge in [-0.2, -0.15) is 10.4 Å². The molecule has 0 fully saturated rings. The fourth-order valence-corrected chi connectivity index (χ4v) is 2.08. The molecule has 3 amide bonds. The standard InChI is InChI=1S/C17H20N6O2/c1-12(14-6-4-13(10-18)5-7-14)19-17(25)20-15-8-9-23(21-15)11-16(24)22(2)3/h4-9,12H,11H2,1-3H3,(H2,19,20,21,25). The molecule has 0 aliphatic rings. The molecule has 1 unspecified atom stereocenters. The van der Waals surface area contributed by atoms with E-state index in [9.17, 15) is 9.59 Å². The first-order chi connectivity index (χ1) is 11.9. The van der Waals surface area contributed by atoms with E-state index in [4.69, 9.17) is 5.26 Å². The molecule has 0 aliphatic carbocycles. The Hall–Kier alpha value is -3.34. The molecule has 2 aromatic rings. The van der Waals surface area contributed by atoms with Crippen molar-refractivity contribution in [1.29, 1.82) is 5.26 Å². The maximum Gasteiger partial charge on any atom is 0.320 e. The topological polar surface area (TPSA) is 103 Å². The van der Waals surface area contributed by atoms with Crippen LogP contribution in [0.25, 0.3) is 0 Å². The van der Waals surface area contributed by atoms with Gasteiger partial charge in [-0.25, -0.2) is 4.79 Å². The molecule has 0 saturated carbocycles. The van der Waals surface area contributed by atoms with E-state index in [0.717, 1.165) is 5.56 Å². The van der Waals surface area contributed by atoms with E-state index < -0.39 is 6.03 Å². The number of hydrogen-bond donors (Lipinski definition) is 2. The molecule has 8 heteroatoms. The summed E-state index contributed by atoms with van der Waals surface area (Å²) in [5.41, 5.74) is 1.45. The fourth-order valence-electron chi connectivity index (χ4n) is 2.08. The smallest absolute Gasteiger partial charge is 0.320 e. The lowest BCUT2D eigenvalue weighted by Crippen LogP contribution is -2.31. The highest BCUT2D eigenvalue weighted by Crippen LogP contribution is 2.13. The number of amides is 3. The molecule has 0 radical (unpaired) electrons. The summed E-state index contributed by atoms with van der Waals surface area (Å²) >= 11 is 0. The third-order valence-corrected chi connectivity index (χ3v) is 3.57. The number of anilines is 1. The predicted octanol–water partition coefficient (Wildman–Crippen LogP) is 1.73. The molecule has 1 atom stereocenters. The van der Waals surface area contributed by atoms with Gasteiger partial charge < -0.3 is 10.2 Å². The number of nitrogens with one attached hydrogen (secondary N) is 2. The minimum Gasteiger partial charge on any atom is -0.347 e. The molecule has 1 aromatic heterocycles. The van der Waals surface area contributed by atoms with E-state index in [1.54, 1.807) is 50.6 Å². The van der Waals surface area contributed by atoms with Gasteiger partial charge in [0.25, 0.3) is 0 Å². The Morgan fingerprint density at radius 3 is 2.56 bits per heavy atom. The van der Waals surface area contributed by atoms with Crippen molar-refractivity contribution in [1.82, 2.24) is 20.0 Å². The van der Waals surface area contributed by atoms with Gasteiger partial charge in [0.15, 0.2) is 5.82 Å². The molecule has 0 saturated heterocycles. The normalized spacial score (nSPS) is 11.3. The van der Waals surface area contributed by atoms with Crippen LogP contribution < -0.4 is 10.6 Å². The number of nitriles is 1. The molecule has 25 heavy (non-hydrogen) atoms. The van der Waals surface area contributed by atoms with E-state index in [2.05, 4.69) is 21.8 Å². The predicted molar refractivity (Wildman–Crippen MR) is 92.6 cm³/mol. The number of carbonyl (C=O) groups excluding carboxylic acids is 2. The summed E-state index contributed by atoms with van der Waals surface area (Å²) in [6.07, 6.45) is 1.63. The first-order valence-electron chi connectivity index (χ1n) is 7.70. The number of rotatable bonds is 5. The van der Waals surface area contributed by atoms with Crippen molar-refractivity contribution in [2.45, 2.75) is 19.5 Å². The average molecular weight is 340 g/mol. The Kier molecular flexibility index (Phi) is 5.74. The zero-order valence-electron chi connectivity index (χ0n) is 14.4. The van der Waals surface area contributed by atoms with Crippen LogP contribution in [0.3, 0.4) is 0 Å². The minimum atomic E-state index is -0.402. The lowest BCUT2D eigenvalue weighted by atomic mass is 10.1. The van der Waals surface area contributed by atoms with Crippen molar-refractivity contribution in [2.75, 3.05) is 19.4 Å². The Morgan fingerprint density at radius 2 is 1.96 bits per heavy atom. The minimum absolute atomic E-state index is 0.0893. The van der Waals surface area contributed by atoms with E-state index in [-0.39, 0.29) is 18.5 Å². The third kappa shape index (κ3) is 5.07. The van der Waals surface area contributed by atoms with Crippen molar-refractivity contribution in [2.24, 2.45) is 0 Å². The molecule has 2 N–H and O–H groups in total. The zero-order chi connectivity index (χ0) is 18.4. The summed E-state index contributed by atoms with van der Waals surface area (Å²) in [4.78, 5) is 25.2. The van der Waals surface area contributed by atoms with Gasteiger partial charge in [0.1, 0.15) is 6.54 Å². The van der Waals surface area contributed by atoms with Gasteiger partial charge >= 0.3 is 6.03 Å². The molecular formula is C17H20N6O2. The quantitative estimate of drug-likeness (QED) is 0.865. The molecule has 0 spiro atoms. The van der Waals surface area contributed by atoms with Crippen molar-refractivity contribution in [3.63, 3.8) is 0 Å². The van der Waals surface area contributed by atoms with Crippen molar-refractivity contribution < 1.29 is 9.59 Å². The van der Waals surface area contributed by atoms with Gasteiger partial charge in [-0.3, -0.25) is 14.8 Å². The SMILES string of the molecule is CC(NC(=O)Nc1ccn(CC(=O)N(C)C)n1)c1ccc(C#N)cc1. The van der Waals surface area contributed by atoms with Crippen molar-refractivity contribution in [3.05, 3.63) is 47.7 Å². The highest BCUT2D eigenvalue weighted by atomic mass is 16.2.